The SMILES string of the molecule is CCC(CNCC(C)C)Oc1cc(F)cc(Br)c1. The fourth-order valence-corrected chi connectivity index (χ4v) is 2.04. The smallest absolute Gasteiger partial charge is 0.128 e. The van der Waals surface area contributed by atoms with E-state index in [1.54, 1.807) is 6.07 Å². The monoisotopic (exact) mass is 317 g/mol. The summed E-state index contributed by atoms with van der Waals surface area (Å²) in [7, 11) is 0. The molecule has 1 aromatic carbocycles. The first-order valence-corrected chi connectivity index (χ1v) is 7.14. The number of rotatable bonds is 7. The van der Waals surface area contributed by atoms with Crippen LogP contribution in [0.25, 0.3) is 0 Å². The molecule has 4 heteroatoms. The van der Waals surface area contributed by atoms with Crippen molar-refractivity contribution in [3.05, 3.63) is 28.5 Å². The summed E-state index contributed by atoms with van der Waals surface area (Å²) in [5.74, 6) is 0.898. The maximum Gasteiger partial charge on any atom is 0.128 e. The summed E-state index contributed by atoms with van der Waals surface area (Å²) in [5, 5.41) is 3.35. The normalized spacial score (nSPS) is 12.8. The first-order valence-electron chi connectivity index (χ1n) is 6.34. The highest BCUT2D eigenvalue weighted by Gasteiger charge is 2.09. The minimum absolute atomic E-state index is 0.0671. The molecule has 0 amide bonds. The second kappa shape index (κ2) is 7.74. The molecule has 0 saturated carbocycles. The van der Waals surface area contributed by atoms with Crippen molar-refractivity contribution in [3.8, 4) is 5.75 Å². The molecule has 2 nitrogen and oxygen atoms in total. The number of halogens is 2. The van der Waals surface area contributed by atoms with Crippen LogP contribution in [0.15, 0.2) is 22.7 Å². The van der Waals surface area contributed by atoms with Crippen LogP contribution in [0.3, 0.4) is 0 Å². The molecule has 1 atom stereocenters. The van der Waals surface area contributed by atoms with Crippen LogP contribution in [-0.4, -0.2) is 19.2 Å². The van der Waals surface area contributed by atoms with Crippen molar-refractivity contribution in [1.82, 2.24) is 5.32 Å². The van der Waals surface area contributed by atoms with Gasteiger partial charge in [-0.1, -0.05) is 36.7 Å². The summed E-state index contributed by atoms with van der Waals surface area (Å²) in [5.41, 5.74) is 0. The number of hydrogen-bond acceptors (Lipinski definition) is 2. The Kier molecular flexibility index (Phi) is 6.65. The molecule has 0 heterocycles. The van der Waals surface area contributed by atoms with Gasteiger partial charge in [0.15, 0.2) is 0 Å². The van der Waals surface area contributed by atoms with Gasteiger partial charge in [0.05, 0.1) is 0 Å². The van der Waals surface area contributed by atoms with E-state index in [9.17, 15) is 4.39 Å². The number of hydrogen-bond donors (Lipinski definition) is 1. The Labute approximate surface area is 117 Å². The van der Waals surface area contributed by atoms with Crippen molar-refractivity contribution in [2.45, 2.75) is 33.3 Å². The van der Waals surface area contributed by atoms with E-state index < -0.39 is 0 Å². The molecule has 0 fully saturated rings. The third-order valence-electron chi connectivity index (χ3n) is 2.52. The fraction of sp³-hybridized carbons (Fsp3) is 0.571. The molecule has 0 spiro atoms. The Morgan fingerprint density at radius 2 is 2.00 bits per heavy atom. The second-order valence-corrected chi connectivity index (χ2v) is 5.72. The third kappa shape index (κ3) is 5.83. The van der Waals surface area contributed by atoms with Gasteiger partial charge in [-0.25, -0.2) is 4.39 Å². The van der Waals surface area contributed by atoms with E-state index in [2.05, 4.69) is 42.0 Å². The summed E-state index contributed by atoms with van der Waals surface area (Å²) >= 11 is 3.26. The standard InChI is InChI=1S/C14H21BrFNO/c1-4-13(9-17-8-10(2)3)18-14-6-11(15)5-12(16)7-14/h5-7,10,13,17H,4,8-9H2,1-3H3. The molecule has 0 aliphatic heterocycles. The molecule has 0 aliphatic carbocycles. The highest BCUT2D eigenvalue weighted by atomic mass is 79.9. The molecule has 0 aromatic heterocycles. The van der Waals surface area contributed by atoms with E-state index in [1.807, 2.05) is 0 Å². The van der Waals surface area contributed by atoms with Crippen molar-refractivity contribution in [1.29, 1.82) is 0 Å². The zero-order valence-electron chi connectivity index (χ0n) is 11.2. The van der Waals surface area contributed by atoms with E-state index in [4.69, 9.17) is 4.74 Å². The molecule has 0 radical (unpaired) electrons. The summed E-state index contributed by atoms with van der Waals surface area (Å²) in [6, 6.07) is 4.62. The highest BCUT2D eigenvalue weighted by Crippen LogP contribution is 2.21. The molecule has 1 unspecified atom stereocenters. The van der Waals surface area contributed by atoms with Crippen LogP contribution in [0.4, 0.5) is 4.39 Å². The van der Waals surface area contributed by atoms with Crippen molar-refractivity contribution < 1.29 is 9.13 Å². The van der Waals surface area contributed by atoms with Crippen LogP contribution in [-0.2, 0) is 0 Å². The van der Waals surface area contributed by atoms with Gasteiger partial charge in [0.2, 0.25) is 0 Å². The van der Waals surface area contributed by atoms with Gasteiger partial charge in [-0.15, -0.1) is 0 Å². The minimum atomic E-state index is -0.288. The van der Waals surface area contributed by atoms with Crippen LogP contribution < -0.4 is 10.1 Å². The Morgan fingerprint density at radius 3 is 2.56 bits per heavy atom. The highest BCUT2D eigenvalue weighted by molar-refractivity contribution is 9.10. The van der Waals surface area contributed by atoms with Crippen molar-refractivity contribution >= 4 is 15.9 Å². The van der Waals surface area contributed by atoms with E-state index in [1.165, 1.54) is 12.1 Å². The molecular weight excluding hydrogens is 297 g/mol. The zero-order chi connectivity index (χ0) is 13.5. The lowest BCUT2D eigenvalue weighted by Gasteiger charge is -2.19. The van der Waals surface area contributed by atoms with E-state index in [0.717, 1.165) is 19.5 Å². The molecular formula is C14H21BrFNO. The average molecular weight is 318 g/mol. The summed E-state index contributed by atoms with van der Waals surface area (Å²) in [4.78, 5) is 0. The molecule has 0 saturated heterocycles. The van der Waals surface area contributed by atoms with Gasteiger partial charge in [0.1, 0.15) is 17.7 Å². The lowest BCUT2D eigenvalue weighted by atomic mass is 10.2. The maximum absolute atomic E-state index is 13.2. The van der Waals surface area contributed by atoms with Gasteiger partial charge in [-0.05, 0) is 31.0 Å². The van der Waals surface area contributed by atoms with E-state index >= 15 is 0 Å². The van der Waals surface area contributed by atoms with Gasteiger partial charge in [0, 0.05) is 17.1 Å². The quantitative estimate of drug-likeness (QED) is 0.821. The lowest BCUT2D eigenvalue weighted by Crippen LogP contribution is -2.33. The van der Waals surface area contributed by atoms with Gasteiger partial charge in [-0.3, -0.25) is 0 Å². The molecule has 102 valence electrons. The predicted molar refractivity (Wildman–Crippen MR) is 76.5 cm³/mol. The van der Waals surface area contributed by atoms with Crippen LogP contribution >= 0.6 is 15.9 Å². The molecule has 18 heavy (non-hydrogen) atoms. The van der Waals surface area contributed by atoms with E-state index in [-0.39, 0.29) is 11.9 Å². The summed E-state index contributed by atoms with van der Waals surface area (Å²) in [6.45, 7) is 8.14. The topological polar surface area (TPSA) is 21.3 Å². The predicted octanol–water partition coefficient (Wildman–Crippen LogP) is 3.99. The molecule has 1 rings (SSSR count). The molecule has 1 N–H and O–H groups in total. The Morgan fingerprint density at radius 1 is 1.28 bits per heavy atom. The van der Waals surface area contributed by atoms with Crippen LogP contribution in [0.1, 0.15) is 27.2 Å². The van der Waals surface area contributed by atoms with Gasteiger partial charge in [-0.2, -0.15) is 0 Å². The number of nitrogens with one attached hydrogen (secondary N) is 1. The lowest BCUT2D eigenvalue weighted by molar-refractivity contribution is 0.191. The number of ether oxygens (including phenoxy) is 1. The third-order valence-corrected chi connectivity index (χ3v) is 2.98. The fourth-order valence-electron chi connectivity index (χ4n) is 1.59. The Hall–Kier alpha value is -0.610. The zero-order valence-corrected chi connectivity index (χ0v) is 12.8. The van der Waals surface area contributed by atoms with Crippen LogP contribution in [0, 0.1) is 11.7 Å². The number of benzene rings is 1. The van der Waals surface area contributed by atoms with Crippen LogP contribution in [0.5, 0.6) is 5.75 Å². The molecule has 0 bridgehead atoms. The van der Waals surface area contributed by atoms with Gasteiger partial charge >= 0.3 is 0 Å². The van der Waals surface area contributed by atoms with Crippen molar-refractivity contribution in [2.24, 2.45) is 5.92 Å². The largest absolute Gasteiger partial charge is 0.489 e. The Balaban J connectivity index is 2.51. The summed E-state index contributed by atoms with van der Waals surface area (Å²) < 4.78 is 19.7. The van der Waals surface area contributed by atoms with Gasteiger partial charge < -0.3 is 10.1 Å². The van der Waals surface area contributed by atoms with Crippen LogP contribution in [0.2, 0.25) is 0 Å². The second-order valence-electron chi connectivity index (χ2n) is 4.81. The van der Waals surface area contributed by atoms with Crippen molar-refractivity contribution in [2.75, 3.05) is 13.1 Å². The van der Waals surface area contributed by atoms with Crippen molar-refractivity contribution in [3.63, 3.8) is 0 Å². The summed E-state index contributed by atoms with van der Waals surface area (Å²) in [6.07, 6.45) is 0.955. The first kappa shape index (κ1) is 15.4. The maximum atomic E-state index is 13.2. The Bertz CT molecular complexity index is 351. The first-order chi connectivity index (χ1) is 8.51. The minimum Gasteiger partial charge on any atom is -0.489 e. The van der Waals surface area contributed by atoms with E-state index in [0.29, 0.717) is 16.1 Å². The molecule has 0 aliphatic rings. The van der Waals surface area contributed by atoms with Gasteiger partial charge in [0.25, 0.3) is 0 Å². The average Bonchev–Trinajstić information content (AvgIpc) is 2.25. The molecule has 1 aromatic rings.